The molecule has 3 heterocycles. The molecule has 0 aliphatic carbocycles. The van der Waals surface area contributed by atoms with Gasteiger partial charge in [0, 0.05) is 12.4 Å². The molecule has 1 saturated heterocycles. The van der Waals surface area contributed by atoms with Crippen LogP contribution in [-0.2, 0) is 5.54 Å². The lowest BCUT2D eigenvalue weighted by Crippen LogP contribution is -2.35. The van der Waals surface area contributed by atoms with Crippen molar-refractivity contribution in [3.05, 3.63) is 24.3 Å². The third-order valence-corrected chi connectivity index (χ3v) is 3.05. The van der Waals surface area contributed by atoms with Crippen molar-refractivity contribution < 1.29 is 0 Å². The summed E-state index contributed by atoms with van der Waals surface area (Å²) in [6, 6.07) is 1.90. The Bertz CT molecular complexity index is 483. The second-order valence-electron chi connectivity index (χ2n) is 4.18. The van der Waals surface area contributed by atoms with Gasteiger partial charge in [0.15, 0.2) is 5.82 Å². The number of hydrogen-bond donors (Lipinski definition) is 1. The summed E-state index contributed by atoms with van der Waals surface area (Å²) in [6.45, 7) is 3.22. The number of nitrogens with one attached hydrogen (secondary N) is 1. The number of rotatable bonds is 1. The van der Waals surface area contributed by atoms with E-state index in [1.54, 1.807) is 6.20 Å². The van der Waals surface area contributed by atoms with Crippen molar-refractivity contribution in [2.24, 2.45) is 0 Å². The Labute approximate surface area is 87.5 Å². The lowest BCUT2D eigenvalue weighted by Gasteiger charge is -2.21. The summed E-state index contributed by atoms with van der Waals surface area (Å²) in [7, 11) is 0. The molecule has 5 nitrogen and oxygen atoms in total. The lowest BCUT2D eigenvalue weighted by molar-refractivity contribution is 0.403. The first-order valence-corrected chi connectivity index (χ1v) is 5.21. The van der Waals surface area contributed by atoms with Crippen LogP contribution in [0.1, 0.15) is 25.6 Å². The van der Waals surface area contributed by atoms with Crippen molar-refractivity contribution in [1.82, 2.24) is 24.9 Å². The zero-order valence-corrected chi connectivity index (χ0v) is 8.64. The minimum Gasteiger partial charge on any atom is -0.305 e. The highest BCUT2D eigenvalue weighted by Gasteiger charge is 2.34. The van der Waals surface area contributed by atoms with Crippen LogP contribution in [-0.4, -0.2) is 26.1 Å². The summed E-state index contributed by atoms with van der Waals surface area (Å²) in [4.78, 5) is 4.17. The van der Waals surface area contributed by atoms with Crippen molar-refractivity contribution in [3.63, 3.8) is 0 Å². The summed E-state index contributed by atoms with van der Waals surface area (Å²) in [5.74, 6) is 1.63. The summed E-state index contributed by atoms with van der Waals surface area (Å²) in [6.07, 6.45) is 5.98. The average Bonchev–Trinajstić information content (AvgIpc) is 2.84. The van der Waals surface area contributed by atoms with E-state index in [-0.39, 0.29) is 5.54 Å². The molecule has 1 aliphatic rings. The van der Waals surface area contributed by atoms with E-state index >= 15 is 0 Å². The third kappa shape index (κ3) is 1.23. The maximum Gasteiger partial charge on any atom is 0.255 e. The highest BCUT2D eigenvalue weighted by molar-refractivity contribution is 5.28. The first-order valence-electron chi connectivity index (χ1n) is 5.21. The van der Waals surface area contributed by atoms with E-state index in [0.29, 0.717) is 5.78 Å². The van der Waals surface area contributed by atoms with Gasteiger partial charge in [-0.05, 0) is 32.4 Å². The smallest absolute Gasteiger partial charge is 0.255 e. The molecule has 0 radical (unpaired) electrons. The first kappa shape index (κ1) is 8.79. The molecule has 0 bridgehead atoms. The fourth-order valence-corrected chi connectivity index (χ4v) is 2.20. The van der Waals surface area contributed by atoms with E-state index in [9.17, 15) is 0 Å². The van der Waals surface area contributed by atoms with Crippen molar-refractivity contribution in [2.45, 2.75) is 25.3 Å². The zero-order valence-electron chi connectivity index (χ0n) is 8.64. The van der Waals surface area contributed by atoms with Crippen LogP contribution in [0.4, 0.5) is 0 Å². The van der Waals surface area contributed by atoms with E-state index in [0.717, 1.165) is 18.8 Å². The molecule has 1 unspecified atom stereocenters. The Morgan fingerprint density at radius 1 is 1.47 bits per heavy atom. The number of nitrogens with zero attached hydrogens (tertiary/aromatic N) is 4. The normalized spacial score (nSPS) is 26.2. The third-order valence-electron chi connectivity index (χ3n) is 3.05. The Balaban J connectivity index is 2.18. The van der Waals surface area contributed by atoms with Crippen LogP contribution < -0.4 is 5.32 Å². The Morgan fingerprint density at radius 3 is 3.20 bits per heavy atom. The second-order valence-corrected chi connectivity index (χ2v) is 4.18. The molecule has 78 valence electrons. The van der Waals surface area contributed by atoms with E-state index in [2.05, 4.69) is 27.4 Å². The van der Waals surface area contributed by atoms with Gasteiger partial charge in [-0.3, -0.25) is 4.40 Å². The van der Waals surface area contributed by atoms with E-state index < -0.39 is 0 Å². The van der Waals surface area contributed by atoms with Crippen LogP contribution in [0, 0.1) is 0 Å². The molecule has 2 aromatic heterocycles. The molecule has 1 aliphatic heterocycles. The molecular weight excluding hydrogens is 190 g/mol. The number of aromatic nitrogens is 4. The summed E-state index contributed by atoms with van der Waals surface area (Å²) in [5.41, 5.74) is -0.0531. The van der Waals surface area contributed by atoms with Crippen LogP contribution in [0.2, 0.25) is 0 Å². The topological polar surface area (TPSA) is 55.1 Å². The fourth-order valence-electron chi connectivity index (χ4n) is 2.20. The van der Waals surface area contributed by atoms with E-state index in [1.165, 1.54) is 6.42 Å². The SMILES string of the molecule is CC1(c2nnc3ncccn23)CCCN1. The molecule has 1 N–H and O–H groups in total. The monoisotopic (exact) mass is 203 g/mol. The van der Waals surface area contributed by atoms with Crippen LogP contribution in [0.25, 0.3) is 5.78 Å². The predicted molar refractivity (Wildman–Crippen MR) is 55.4 cm³/mol. The van der Waals surface area contributed by atoms with Gasteiger partial charge in [-0.15, -0.1) is 10.2 Å². The van der Waals surface area contributed by atoms with Crippen LogP contribution in [0.15, 0.2) is 18.5 Å². The van der Waals surface area contributed by atoms with Crippen molar-refractivity contribution in [2.75, 3.05) is 6.54 Å². The molecule has 0 amide bonds. The minimum atomic E-state index is -0.0531. The number of fused-ring (bicyclic) bond motifs is 1. The average molecular weight is 203 g/mol. The molecule has 0 aromatic carbocycles. The predicted octanol–water partition coefficient (Wildman–Crippen LogP) is 0.723. The molecule has 2 aromatic rings. The maximum absolute atomic E-state index is 4.24. The van der Waals surface area contributed by atoms with Gasteiger partial charge in [0.05, 0.1) is 5.54 Å². The van der Waals surface area contributed by atoms with E-state index in [1.807, 2.05) is 16.7 Å². The lowest BCUT2D eigenvalue weighted by atomic mass is 10.00. The molecule has 3 rings (SSSR count). The zero-order chi connectivity index (χ0) is 10.3. The van der Waals surface area contributed by atoms with Gasteiger partial charge in [-0.1, -0.05) is 0 Å². The standard InChI is InChI=1S/C10H13N5/c1-10(4-2-6-12-10)8-13-14-9-11-5-3-7-15(8)9/h3,5,7,12H,2,4,6H2,1H3. The highest BCUT2D eigenvalue weighted by Crippen LogP contribution is 2.28. The minimum absolute atomic E-state index is 0.0531. The van der Waals surface area contributed by atoms with Crippen LogP contribution in [0.3, 0.4) is 0 Å². The van der Waals surface area contributed by atoms with Crippen molar-refractivity contribution in [1.29, 1.82) is 0 Å². The molecule has 1 atom stereocenters. The van der Waals surface area contributed by atoms with Gasteiger partial charge in [-0.2, -0.15) is 0 Å². The molecule has 0 saturated carbocycles. The Kier molecular flexibility index (Phi) is 1.76. The Hall–Kier alpha value is -1.49. The largest absolute Gasteiger partial charge is 0.305 e. The molecule has 5 heteroatoms. The molecule has 0 spiro atoms. The van der Waals surface area contributed by atoms with Gasteiger partial charge in [0.2, 0.25) is 0 Å². The van der Waals surface area contributed by atoms with E-state index in [4.69, 9.17) is 0 Å². The first-order chi connectivity index (χ1) is 7.30. The van der Waals surface area contributed by atoms with Crippen LogP contribution >= 0.6 is 0 Å². The summed E-state index contributed by atoms with van der Waals surface area (Å²) < 4.78 is 1.96. The Morgan fingerprint density at radius 2 is 2.40 bits per heavy atom. The van der Waals surface area contributed by atoms with Gasteiger partial charge in [-0.25, -0.2) is 4.98 Å². The number of hydrogen-bond acceptors (Lipinski definition) is 4. The highest BCUT2D eigenvalue weighted by atomic mass is 15.3. The summed E-state index contributed by atoms with van der Waals surface area (Å²) in [5, 5.41) is 11.8. The van der Waals surface area contributed by atoms with Gasteiger partial charge >= 0.3 is 0 Å². The van der Waals surface area contributed by atoms with Crippen molar-refractivity contribution in [3.8, 4) is 0 Å². The van der Waals surface area contributed by atoms with Gasteiger partial charge in [0.25, 0.3) is 5.78 Å². The second kappa shape index (κ2) is 3.00. The van der Waals surface area contributed by atoms with Crippen LogP contribution in [0.5, 0.6) is 0 Å². The van der Waals surface area contributed by atoms with Gasteiger partial charge in [0.1, 0.15) is 0 Å². The van der Waals surface area contributed by atoms with Gasteiger partial charge < -0.3 is 5.32 Å². The fraction of sp³-hybridized carbons (Fsp3) is 0.500. The molecule has 1 fully saturated rings. The maximum atomic E-state index is 4.24. The van der Waals surface area contributed by atoms with Crippen molar-refractivity contribution >= 4 is 5.78 Å². The molecular formula is C10H13N5. The molecule has 15 heavy (non-hydrogen) atoms. The quantitative estimate of drug-likeness (QED) is 0.742. The summed E-state index contributed by atoms with van der Waals surface area (Å²) >= 11 is 0.